The number of nitrogens with zero attached hydrogens (tertiary/aromatic N) is 2. The van der Waals surface area contributed by atoms with Crippen LogP contribution in [-0.2, 0) is 11.3 Å². The van der Waals surface area contributed by atoms with Gasteiger partial charge in [-0.1, -0.05) is 13.8 Å². The van der Waals surface area contributed by atoms with Crippen LogP contribution in [0.3, 0.4) is 0 Å². The summed E-state index contributed by atoms with van der Waals surface area (Å²) in [5, 5.41) is 9.82. The molecule has 1 rings (SSSR count). The number of likely N-dealkylation sites (N-methyl/N-ethyl adjacent to an activating group) is 1. The van der Waals surface area contributed by atoms with Crippen molar-refractivity contribution >= 4 is 27.5 Å². The molecule has 0 saturated carbocycles. The van der Waals surface area contributed by atoms with Crippen molar-refractivity contribution in [2.45, 2.75) is 40.3 Å². The molecule has 0 saturated heterocycles. The summed E-state index contributed by atoms with van der Waals surface area (Å²) >= 11 is 3.27. The minimum atomic E-state index is -0.437. The second-order valence-electron chi connectivity index (χ2n) is 5.01. The van der Waals surface area contributed by atoms with Crippen molar-refractivity contribution in [3.05, 3.63) is 21.0 Å². The van der Waals surface area contributed by atoms with Crippen LogP contribution in [0, 0.1) is 5.92 Å². The van der Waals surface area contributed by atoms with Crippen molar-refractivity contribution in [3.8, 4) is 0 Å². The summed E-state index contributed by atoms with van der Waals surface area (Å²) in [4.78, 5) is 23.8. The van der Waals surface area contributed by atoms with E-state index in [1.54, 1.807) is 13.1 Å². The minimum absolute atomic E-state index is 0.120. The van der Waals surface area contributed by atoms with Crippen LogP contribution in [0.15, 0.2) is 15.5 Å². The third-order valence-electron chi connectivity index (χ3n) is 2.64. The van der Waals surface area contributed by atoms with Crippen molar-refractivity contribution < 1.29 is 4.79 Å². The van der Waals surface area contributed by atoms with E-state index in [9.17, 15) is 9.59 Å². The number of carbonyl (C=O) groups is 1. The third kappa shape index (κ3) is 4.33. The number of hydrogen-bond acceptors (Lipinski definition) is 4. The van der Waals surface area contributed by atoms with Crippen molar-refractivity contribution in [1.82, 2.24) is 15.1 Å². The molecule has 2 N–H and O–H groups in total. The summed E-state index contributed by atoms with van der Waals surface area (Å²) in [6.07, 6.45) is 1.56. The van der Waals surface area contributed by atoms with E-state index in [1.165, 1.54) is 4.68 Å². The summed E-state index contributed by atoms with van der Waals surface area (Å²) in [6.45, 7) is 8.76. The Labute approximate surface area is 127 Å². The van der Waals surface area contributed by atoms with Gasteiger partial charge in [-0.2, -0.15) is 5.10 Å². The van der Waals surface area contributed by atoms with Crippen molar-refractivity contribution in [1.29, 1.82) is 0 Å². The van der Waals surface area contributed by atoms with Gasteiger partial charge in [-0.05, 0) is 35.7 Å². The number of hydrogen-bond donors (Lipinski definition) is 2. The first-order valence-corrected chi connectivity index (χ1v) is 7.46. The molecule has 1 aromatic rings. The Morgan fingerprint density at radius 2 is 2.10 bits per heavy atom. The lowest BCUT2D eigenvalue weighted by Gasteiger charge is -2.16. The molecule has 0 aromatic carbocycles. The molecular formula is C13H21BrN4O2. The minimum Gasteiger partial charge on any atom is -0.372 e. The van der Waals surface area contributed by atoms with Gasteiger partial charge in [0.25, 0.3) is 5.56 Å². The summed E-state index contributed by atoms with van der Waals surface area (Å²) in [5.41, 5.74) is 0.320. The highest BCUT2D eigenvalue weighted by atomic mass is 79.9. The quantitative estimate of drug-likeness (QED) is 0.821. The second kappa shape index (κ2) is 7.42. The van der Waals surface area contributed by atoms with Gasteiger partial charge in [0, 0.05) is 13.1 Å². The number of halogens is 1. The van der Waals surface area contributed by atoms with Crippen LogP contribution in [0.1, 0.15) is 27.7 Å². The van der Waals surface area contributed by atoms with E-state index in [2.05, 4.69) is 31.7 Å². The second-order valence-corrected chi connectivity index (χ2v) is 5.81. The smallest absolute Gasteiger partial charge is 0.283 e. The molecular weight excluding hydrogens is 324 g/mol. The van der Waals surface area contributed by atoms with Gasteiger partial charge in [0.1, 0.15) is 10.5 Å². The maximum atomic E-state index is 12.1. The number of rotatable bonds is 6. The predicted octanol–water partition coefficient (Wildman–Crippen LogP) is 1.60. The maximum Gasteiger partial charge on any atom is 0.283 e. The van der Waals surface area contributed by atoms with Crippen molar-refractivity contribution in [3.63, 3.8) is 0 Å². The first-order valence-electron chi connectivity index (χ1n) is 6.66. The van der Waals surface area contributed by atoms with Crippen molar-refractivity contribution in [2.75, 3.05) is 11.9 Å². The van der Waals surface area contributed by atoms with Crippen LogP contribution in [-0.4, -0.2) is 28.3 Å². The molecule has 0 aliphatic rings. The molecule has 1 unspecified atom stereocenters. The van der Waals surface area contributed by atoms with Crippen molar-refractivity contribution in [2.24, 2.45) is 5.92 Å². The Hall–Kier alpha value is -1.37. The molecule has 0 aliphatic heterocycles. The van der Waals surface area contributed by atoms with E-state index in [0.29, 0.717) is 29.2 Å². The van der Waals surface area contributed by atoms with Gasteiger partial charge in [0.05, 0.1) is 11.9 Å². The average molecular weight is 345 g/mol. The molecule has 0 fully saturated rings. The predicted molar refractivity (Wildman–Crippen MR) is 82.8 cm³/mol. The largest absolute Gasteiger partial charge is 0.372 e. The maximum absolute atomic E-state index is 12.1. The van der Waals surface area contributed by atoms with Crippen LogP contribution in [0.2, 0.25) is 0 Å². The first-order chi connectivity index (χ1) is 9.36. The Morgan fingerprint density at radius 3 is 2.65 bits per heavy atom. The van der Waals surface area contributed by atoms with Gasteiger partial charge >= 0.3 is 0 Å². The highest BCUT2D eigenvalue weighted by molar-refractivity contribution is 9.10. The van der Waals surface area contributed by atoms with E-state index >= 15 is 0 Å². The van der Waals surface area contributed by atoms with Gasteiger partial charge < -0.3 is 10.6 Å². The molecule has 0 radical (unpaired) electrons. The Balaban J connectivity index is 2.90. The first kappa shape index (κ1) is 16.7. The standard InChI is InChI=1S/C13H21BrN4O2/c1-5-15-12(19)9(4)17-10-6-16-18(7-8(2)3)13(20)11(10)14/h6,8-9,17H,5,7H2,1-4H3,(H,15,19). The number of carbonyl (C=O) groups excluding carboxylic acids is 1. The fourth-order valence-electron chi connectivity index (χ4n) is 1.67. The van der Waals surface area contributed by atoms with Gasteiger partial charge in [0.15, 0.2) is 0 Å². The van der Waals surface area contributed by atoms with Crippen LogP contribution in [0.5, 0.6) is 0 Å². The lowest BCUT2D eigenvalue weighted by molar-refractivity contribution is -0.121. The molecule has 20 heavy (non-hydrogen) atoms. The monoisotopic (exact) mass is 344 g/mol. The van der Waals surface area contributed by atoms with E-state index in [0.717, 1.165) is 0 Å². The fraction of sp³-hybridized carbons (Fsp3) is 0.615. The lowest BCUT2D eigenvalue weighted by Crippen LogP contribution is -2.38. The zero-order chi connectivity index (χ0) is 15.3. The average Bonchev–Trinajstić information content (AvgIpc) is 2.38. The van der Waals surface area contributed by atoms with Crippen LogP contribution in [0.25, 0.3) is 0 Å². The van der Waals surface area contributed by atoms with E-state index < -0.39 is 6.04 Å². The molecule has 1 atom stereocenters. The molecule has 1 heterocycles. The van der Waals surface area contributed by atoms with E-state index in [1.807, 2.05) is 20.8 Å². The van der Waals surface area contributed by atoms with Crippen LogP contribution in [0.4, 0.5) is 5.69 Å². The molecule has 1 amide bonds. The summed E-state index contributed by atoms with van der Waals surface area (Å²) in [6, 6.07) is -0.437. The highest BCUT2D eigenvalue weighted by Gasteiger charge is 2.15. The number of amides is 1. The van der Waals surface area contributed by atoms with Crippen LogP contribution >= 0.6 is 15.9 Å². The normalized spacial score (nSPS) is 12.3. The Morgan fingerprint density at radius 1 is 1.45 bits per heavy atom. The molecule has 6 nitrogen and oxygen atoms in total. The van der Waals surface area contributed by atoms with Gasteiger partial charge in [-0.3, -0.25) is 9.59 Å². The molecule has 0 bridgehead atoms. The molecule has 0 spiro atoms. The molecule has 112 valence electrons. The Kier molecular flexibility index (Phi) is 6.19. The topological polar surface area (TPSA) is 76.0 Å². The number of anilines is 1. The fourth-order valence-corrected chi connectivity index (χ4v) is 2.09. The van der Waals surface area contributed by atoms with E-state index in [4.69, 9.17) is 0 Å². The SMILES string of the molecule is CCNC(=O)C(C)Nc1cnn(CC(C)C)c(=O)c1Br. The summed E-state index contributed by atoms with van der Waals surface area (Å²) in [7, 11) is 0. The molecule has 1 aromatic heterocycles. The van der Waals surface area contributed by atoms with Gasteiger partial charge in [-0.15, -0.1) is 0 Å². The Bertz CT molecular complexity index is 528. The molecule has 7 heteroatoms. The summed E-state index contributed by atoms with van der Waals surface area (Å²) < 4.78 is 1.81. The highest BCUT2D eigenvalue weighted by Crippen LogP contribution is 2.17. The lowest BCUT2D eigenvalue weighted by atomic mass is 10.2. The van der Waals surface area contributed by atoms with Gasteiger partial charge in [0.2, 0.25) is 5.91 Å². The van der Waals surface area contributed by atoms with Crippen LogP contribution < -0.4 is 16.2 Å². The zero-order valence-electron chi connectivity index (χ0n) is 12.2. The zero-order valence-corrected chi connectivity index (χ0v) is 13.8. The molecule has 0 aliphatic carbocycles. The summed E-state index contributed by atoms with van der Waals surface area (Å²) in [5.74, 6) is 0.214. The number of aromatic nitrogens is 2. The van der Waals surface area contributed by atoms with E-state index in [-0.39, 0.29) is 11.5 Å². The van der Waals surface area contributed by atoms with Gasteiger partial charge in [-0.25, -0.2) is 4.68 Å². The number of nitrogens with one attached hydrogen (secondary N) is 2. The third-order valence-corrected chi connectivity index (χ3v) is 3.41.